The van der Waals surface area contributed by atoms with Gasteiger partial charge in [0.25, 0.3) is 0 Å². The van der Waals surface area contributed by atoms with Gasteiger partial charge in [0.15, 0.2) is 0 Å². The molecule has 1 heterocycles. The lowest BCUT2D eigenvalue weighted by Crippen LogP contribution is -2.17. The number of hydrogen-bond acceptors (Lipinski definition) is 4. The highest BCUT2D eigenvalue weighted by Gasteiger charge is 2.23. The SMILES string of the molecule is CNC(c1ccc(OC2CC2)cc1)c1sccc1OC. The first-order chi connectivity index (χ1) is 9.81. The van der Waals surface area contributed by atoms with Crippen LogP contribution in [-0.4, -0.2) is 20.3 Å². The number of thiophene rings is 1. The molecule has 1 aromatic heterocycles. The quantitative estimate of drug-likeness (QED) is 0.881. The monoisotopic (exact) mass is 289 g/mol. The third kappa shape index (κ3) is 2.81. The van der Waals surface area contributed by atoms with E-state index in [1.807, 2.05) is 13.1 Å². The van der Waals surface area contributed by atoms with Crippen LogP contribution in [0.2, 0.25) is 0 Å². The van der Waals surface area contributed by atoms with E-state index in [0.717, 1.165) is 11.5 Å². The minimum Gasteiger partial charge on any atom is -0.496 e. The zero-order chi connectivity index (χ0) is 13.9. The lowest BCUT2D eigenvalue weighted by Gasteiger charge is -2.17. The number of benzene rings is 1. The van der Waals surface area contributed by atoms with E-state index in [9.17, 15) is 0 Å². The van der Waals surface area contributed by atoms with Crippen molar-refractivity contribution in [3.8, 4) is 11.5 Å². The lowest BCUT2D eigenvalue weighted by atomic mass is 10.0. The van der Waals surface area contributed by atoms with Gasteiger partial charge in [0.05, 0.1) is 24.1 Å². The normalized spacial score (nSPS) is 15.9. The van der Waals surface area contributed by atoms with E-state index >= 15 is 0 Å². The molecular weight excluding hydrogens is 270 g/mol. The van der Waals surface area contributed by atoms with E-state index in [1.54, 1.807) is 18.4 Å². The van der Waals surface area contributed by atoms with Crippen LogP contribution >= 0.6 is 11.3 Å². The summed E-state index contributed by atoms with van der Waals surface area (Å²) < 4.78 is 11.2. The van der Waals surface area contributed by atoms with Crippen LogP contribution in [0.3, 0.4) is 0 Å². The second-order valence-corrected chi connectivity index (χ2v) is 5.91. The van der Waals surface area contributed by atoms with Crippen molar-refractivity contribution in [1.29, 1.82) is 0 Å². The van der Waals surface area contributed by atoms with Crippen LogP contribution in [0.5, 0.6) is 11.5 Å². The summed E-state index contributed by atoms with van der Waals surface area (Å²) in [5, 5.41) is 5.42. The van der Waals surface area contributed by atoms with Gasteiger partial charge in [0.1, 0.15) is 11.5 Å². The molecule has 106 valence electrons. The Labute approximate surface area is 123 Å². The molecule has 1 aromatic carbocycles. The first kappa shape index (κ1) is 13.5. The molecule has 1 N–H and O–H groups in total. The molecule has 1 aliphatic rings. The van der Waals surface area contributed by atoms with Crippen LogP contribution in [0.15, 0.2) is 35.7 Å². The molecule has 0 spiro atoms. The fourth-order valence-corrected chi connectivity index (χ4v) is 3.25. The highest BCUT2D eigenvalue weighted by Crippen LogP contribution is 2.35. The zero-order valence-electron chi connectivity index (χ0n) is 11.8. The topological polar surface area (TPSA) is 30.5 Å². The van der Waals surface area contributed by atoms with Gasteiger partial charge in [-0.3, -0.25) is 0 Å². The Morgan fingerprint density at radius 2 is 1.95 bits per heavy atom. The van der Waals surface area contributed by atoms with E-state index in [4.69, 9.17) is 9.47 Å². The van der Waals surface area contributed by atoms with E-state index in [-0.39, 0.29) is 6.04 Å². The smallest absolute Gasteiger partial charge is 0.134 e. The van der Waals surface area contributed by atoms with Gasteiger partial charge in [-0.15, -0.1) is 11.3 Å². The number of nitrogens with one attached hydrogen (secondary N) is 1. The van der Waals surface area contributed by atoms with Crippen molar-refractivity contribution in [3.05, 3.63) is 46.2 Å². The van der Waals surface area contributed by atoms with Crippen molar-refractivity contribution < 1.29 is 9.47 Å². The van der Waals surface area contributed by atoms with Crippen molar-refractivity contribution in [2.24, 2.45) is 0 Å². The first-order valence-corrected chi connectivity index (χ1v) is 7.75. The van der Waals surface area contributed by atoms with Crippen molar-refractivity contribution >= 4 is 11.3 Å². The van der Waals surface area contributed by atoms with Crippen LogP contribution < -0.4 is 14.8 Å². The number of rotatable bonds is 6. The second-order valence-electron chi connectivity index (χ2n) is 4.96. The Balaban J connectivity index is 1.81. The highest BCUT2D eigenvalue weighted by molar-refractivity contribution is 7.10. The van der Waals surface area contributed by atoms with Crippen LogP contribution in [0.4, 0.5) is 0 Å². The summed E-state index contributed by atoms with van der Waals surface area (Å²) in [6, 6.07) is 10.5. The predicted molar refractivity (Wildman–Crippen MR) is 81.9 cm³/mol. The molecule has 1 saturated carbocycles. The molecule has 0 bridgehead atoms. The number of ether oxygens (including phenoxy) is 2. The van der Waals surface area contributed by atoms with Gasteiger partial charge in [-0.05, 0) is 49.0 Å². The van der Waals surface area contributed by atoms with Crippen molar-refractivity contribution in [1.82, 2.24) is 5.32 Å². The lowest BCUT2D eigenvalue weighted by molar-refractivity contribution is 0.303. The van der Waals surface area contributed by atoms with E-state index in [0.29, 0.717) is 6.10 Å². The third-order valence-corrected chi connectivity index (χ3v) is 4.43. The Morgan fingerprint density at radius 1 is 1.20 bits per heavy atom. The predicted octanol–water partition coefficient (Wildman–Crippen LogP) is 3.61. The second kappa shape index (κ2) is 5.85. The summed E-state index contributed by atoms with van der Waals surface area (Å²) in [5.74, 6) is 1.90. The van der Waals surface area contributed by atoms with Crippen LogP contribution in [0, 0.1) is 0 Å². The molecule has 1 atom stereocenters. The zero-order valence-corrected chi connectivity index (χ0v) is 12.6. The highest BCUT2D eigenvalue weighted by atomic mass is 32.1. The summed E-state index contributed by atoms with van der Waals surface area (Å²) >= 11 is 1.71. The van der Waals surface area contributed by atoms with Gasteiger partial charge in [-0.1, -0.05) is 12.1 Å². The summed E-state index contributed by atoms with van der Waals surface area (Å²) in [6.07, 6.45) is 2.82. The van der Waals surface area contributed by atoms with Gasteiger partial charge in [-0.25, -0.2) is 0 Å². The maximum Gasteiger partial charge on any atom is 0.134 e. The summed E-state index contributed by atoms with van der Waals surface area (Å²) in [7, 11) is 3.68. The molecule has 4 heteroatoms. The Bertz CT molecular complexity index is 560. The molecular formula is C16H19NO2S. The van der Waals surface area contributed by atoms with E-state index < -0.39 is 0 Å². The molecule has 3 rings (SSSR count). The first-order valence-electron chi connectivity index (χ1n) is 6.87. The molecule has 0 radical (unpaired) electrons. The summed E-state index contributed by atoms with van der Waals surface area (Å²) in [6.45, 7) is 0. The molecule has 3 nitrogen and oxygen atoms in total. The van der Waals surface area contributed by atoms with Gasteiger partial charge in [0.2, 0.25) is 0 Å². The van der Waals surface area contributed by atoms with Crippen molar-refractivity contribution in [2.75, 3.05) is 14.2 Å². The number of hydrogen-bond donors (Lipinski definition) is 1. The van der Waals surface area contributed by atoms with Crippen molar-refractivity contribution in [3.63, 3.8) is 0 Å². The van der Waals surface area contributed by atoms with Crippen LogP contribution in [0.25, 0.3) is 0 Å². The van der Waals surface area contributed by atoms with Gasteiger partial charge in [0, 0.05) is 0 Å². The van der Waals surface area contributed by atoms with E-state index in [1.165, 1.54) is 23.3 Å². The Kier molecular flexibility index (Phi) is 3.94. The van der Waals surface area contributed by atoms with Crippen LogP contribution in [-0.2, 0) is 0 Å². The molecule has 0 aliphatic heterocycles. The molecule has 20 heavy (non-hydrogen) atoms. The Morgan fingerprint density at radius 3 is 2.55 bits per heavy atom. The largest absolute Gasteiger partial charge is 0.496 e. The summed E-state index contributed by atoms with van der Waals surface area (Å²) in [5.41, 5.74) is 1.22. The molecule has 2 aromatic rings. The molecule has 0 amide bonds. The molecule has 1 aliphatic carbocycles. The Hall–Kier alpha value is -1.52. The number of methoxy groups -OCH3 is 1. The summed E-state index contributed by atoms with van der Waals surface area (Å²) in [4.78, 5) is 1.20. The molecule has 0 saturated heterocycles. The van der Waals surface area contributed by atoms with Crippen LogP contribution in [0.1, 0.15) is 29.3 Å². The minimum atomic E-state index is 0.153. The minimum absolute atomic E-state index is 0.153. The average Bonchev–Trinajstić information content (AvgIpc) is 3.17. The average molecular weight is 289 g/mol. The maximum atomic E-state index is 5.79. The van der Waals surface area contributed by atoms with E-state index in [2.05, 4.69) is 35.0 Å². The third-order valence-electron chi connectivity index (χ3n) is 3.47. The standard InChI is InChI=1S/C16H19NO2S/c1-17-15(16-14(18-2)9-10-20-16)11-3-5-12(6-4-11)19-13-7-8-13/h3-6,9-10,13,15,17H,7-8H2,1-2H3. The fourth-order valence-electron chi connectivity index (χ4n) is 2.25. The van der Waals surface area contributed by atoms with Gasteiger partial charge >= 0.3 is 0 Å². The van der Waals surface area contributed by atoms with Gasteiger partial charge in [-0.2, -0.15) is 0 Å². The molecule has 1 unspecified atom stereocenters. The van der Waals surface area contributed by atoms with Crippen molar-refractivity contribution in [2.45, 2.75) is 25.0 Å². The fraction of sp³-hybridized carbons (Fsp3) is 0.375. The molecule has 1 fully saturated rings. The van der Waals surface area contributed by atoms with Gasteiger partial charge < -0.3 is 14.8 Å². The maximum absolute atomic E-state index is 5.79.